The molecule has 0 amide bonds. The van der Waals surface area contributed by atoms with Crippen LogP contribution in [0.4, 0.5) is 5.69 Å². The first kappa shape index (κ1) is 32.6. The molecule has 0 fully saturated rings. The molecule has 0 radical (unpaired) electrons. The lowest BCUT2D eigenvalue weighted by atomic mass is 10.0. The average molecular weight is 456 g/mol. The number of hydrogen-bond acceptors (Lipinski definition) is 5. The van der Waals surface area contributed by atoms with Gasteiger partial charge in [-0.1, -0.05) is 72.6 Å². The predicted octanol–water partition coefficient (Wildman–Crippen LogP) is 7.09. The minimum absolute atomic E-state index is 0.382. The molecule has 0 atom stereocenters. The third kappa shape index (κ3) is 13.6. The van der Waals surface area contributed by atoms with Gasteiger partial charge in [-0.05, 0) is 57.9 Å². The molecular formula is C28H49N5. The smallest absolute Gasteiger partial charge is 0.109 e. The van der Waals surface area contributed by atoms with Gasteiger partial charge >= 0.3 is 0 Å². The Morgan fingerprint density at radius 1 is 1.06 bits per heavy atom. The number of aryl methyl sites for hydroxylation is 3. The van der Waals surface area contributed by atoms with E-state index >= 15 is 0 Å². The van der Waals surface area contributed by atoms with Gasteiger partial charge in [0, 0.05) is 24.0 Å². The van der Waals surface area contributed by atoms with Gasteiger partial charge in [0.15, 0.2) is 0 Å². The van der Waals surface area contributed by atoms with Gasteiger partial charge in [-0.15, -0.1) is 0 Å². The van der Waals surface area contributed by atoms with Crippen molar-refractivity contribution in [2.24, 2.45) is 16.6 Å². The van der Waals surface area contributed by atoms with E-state index < -0.39 is 0 Å². The number of benzene rings is 1. The Kier molecular flexibility index (Phi) is 18.8. The van der Waals surface area contributed by atoms with Gasteiger partial charge in [-0.3, -0.25) is 15.0 Å². The summed E-state index contributed by atoms with van der Waals surface area (Å²) in [7, 11) is 1.50. The zero-order valence-electron chi connectivity index (χ0n) is 23.1. The zero-order valence-corrected chi connectivity index (χ0v) is 23.1. The summed E-state index contributed by atoms with van der Waals surface area (Å²) in [4.78, 5) is 14.0. The van der Waals surface area contributed by atoms with Gasteiger partial charge in [0.05, 0.1) is 17.1 Å². The van der Waals surface area contributed by atoms with Gasteiger partial charge in [0.1, 0.15) is 5.69 Å². The van der Waals surface area contributed by atoms with E-state index in [9.17, 15) is 0 Å². The topological polar surface area (TPSA) is 90.2 Å². The summed E-state index contributed by atoms with van der Waals surface area (Å²) in [6.45, 7) is 20.7. The molecule has 0 unspecified atom stereocenters. The SMILES string of the molecule is CC.CC(Cc1ccc(N)c(C)c1)=N/C(=C\C(C)C)c1ncc(C)nc1C.CCCC.CN. The van der Waals surface area contributed by atoms with Crippen molar-refractivity contribution in [1.82, 2.24) is 9.97 Å². The largest absolute Gasteiger partial charge is 0.399 e. The molecule has 4 N–H and O–H groups in total. The minimum atomic E-state index is 0.382. The monoisotopic (exact) mass is 455 g/mol. The molecule has 0 bridgehead atoms. The fourth-order valence-corrected chi connectivity index (χ4v) is 2.72. The summed E-state index contributed by atoms with van der Waals surface area (Å²) in [5.41, 5.74) is 18.2. The summed E-state index contributed by atoms with van der Waals surface area (Å²) >= 11 is 0. The van der Waals surface area contributed by atoms with Crippen LogP contribution in [0.15, 0.2) is 35.5 Å². The molecule has 186 valence electrons. The molecule has 5 nitrogen and oxygen atoms in total. The summed E-state index contributed by atoms with van der Waals surface area (Å²) < 4.78 is 0. The fraction of sp³-hybridized carbons (Fsp3) is 0.536. The van der Waals surface area contributed by atoms with Crippen molar-refractivity contribution in [3.8, 4) is 0 Å². The van der Waals surface area contributed by atoms with Crippen LogP contribution in [-0.2, 0) is 6.42 Å². The average Bonchev–Trinajstić information content (AvgIpc) is 2.78. The number of nitrogens with two attached hydrogens (primary N) is 2. The fourth-order valence-electron chi connectivity index (χ4n) is 2.72. The van der Waals surface area contributed by atoms with Crippen molar-refractivity contribution in [2.45, 2.75) is 88.5 Å². The van der Waals surface area contributed by atoms with Gasteiger partial charge in [0.25, 0.3) is 0 Å². The van der Waals surface area contributed by atoms with Crippen LogP contribution < -0.4 is 11.5 Å². The van der Waals surface area contributed by atoms with E-state index in [4.69, 9.17) is 10.7 Å². The van der Waals surface area contributed by atoms with Crippen LogP contribution in [0.25, 0.3) is 5.70 Å². The van der Waals surface area contributed by atoms with Gasteiger partial charge in [0.2, 0.25) is 0 Å². The highest BCUT2D eigenvalue weighted by Crippen LogP contribution is 2.20. The van der Waals surface area contributed by atoms with Crippen LogP contribution in [0.2, 0.25) is 0 Å². The lowest BCUT2D eigenvalue weighted by Crippen LogP contribution is -2.03. The van der Waals surface area contributed by atoms with E-state index in [1.165, 1.54) is 25.5 Å². The molecule has 1 aromatic heterocycles. The Morgan fingerprint density at radius 2 is 1.64 bits per heavy atom. The van der Waals surface area contributed by atoms with Crippen molar-refractivity contribution in [1.29, 1.82) is 0 Å². The van der Waals surface area contributed by atoms with Crippen LogP contribution in [0.3, 0.4) is 0 Å². The van der Waals surface area contributed by atoms with E-state index in [0.29, 0.717) is 5.92 Å². The lowest BCUT2D eigenvalue weighted by molar-refractivity contribution is 0.830. The van der Waals surface area contributed by atoms with Crippen LogP contribution in [0, 0.1) is 26.7 Å². The van der Waals surface area contributed by atoms with Crippen LogP contribution in [-0.4, -0.2) is 22.7 Å². The number of nitrogens with zero attached hydrogens (tertiary/aromatic N) is 3. The number of hydrogen-bond donors (Lipinski definition) is 2. The number of rotatable bonds is 6. The maximum Gasteiger partial charge on any atom is 0.109 e. The highest BCUT2D eigenvalue weighted by atomic mass is 14.9. The maximum atomic E-state index is 5.91. The molecule has 0 aliphatic rings. The number of aliphatic imine (C=N–C) groups is 1. The van der Waals surface area contributed by atoms with Crippen molar-refractivity contribution >= 4 is 17.1 Å². The molecule has 0 aliphatic carbocycles. The maximum absolute atomic E-state index is 5.91. The molecule has 0 saturated carbocycles. The standard InChI is InChI=1S/C21H28N4.C4H10.C2H6.CH5N/c1-13(2)9-20(21-17(6)24-16(5)12-23-21)25-15(4)11-18-7-8-19(22)14(3)10-18;1-3-4-2;2*1-2/h7-10,12-13H,11,22H2,1-6H3;3-4H2,1-2H3;1-2H3;2H2,1H3/b20-9-,25-15?;;;. The van der Waals surface area contributed by atoms with Crippen molar-refractivity contribution < 1.29 is 0 Å². The summed E-state index contributed by atoms with van der Waals surface area (Å²) in [6.07, 6.45) is 7.36. The molecule has 1 heterocycles. The molecular weight excluding hydrogens is 406 g/mol. The van der Waals surface area contributed by atoms with Gasteiger partial charge in [-0.2, -0.15) is 0 Å². The van der Waals surface area contributed by atoms with Gasteiger partial charge in [-0.25, -0.2) is 0 Å². The number of allylic oxidation sites excluding steroid dienone is 1. The zero-order chi connectivity index (χ0) is 26.0. The highest BCUT2D eigenvalue weighted by molar-refractivity contribution is 5.89. The van der Waals surface area contributed by atoms with Crippen molar-refractivity contribution in [3.63, 3.8) is 0 Å². The molecule has 0 saturated heterocycles. The van der Waals surface area contributed by atoms with E-state index in [2.05, 4.69) is 68.5 Å². The highest BCUT2D eigenvalue weighted by Gasteiger charge is 2.10. The second-order valence-electron chi connectivity index (χ2n) is 7.96. The molecule has 5 heteroatoms. The number of anilines is 1. The van der Waals surface area contributed by atoms with Crippen LogP contribution >= 0.6 is 0 Å². The Hall–Kier alpha value is -2.53. The second kappa shape index (κ2) is 19.0. The normalized spacial score (nSPS) is 10.9. The molecule has 2 aromatic rings. The predicted molar refractivity (Wildman–Crippen MR) is 149 cm³/mol. The van der Waals surface area contributed by atoms with E-state index in [-0.39, 0.29) is 0 Å². The van der Waals surface area contributed by atoms with E-state index in [0.717, 1.165) is 46.2 Å². The first-order chi connectivity index (χ1) is 15.7. The molecule has 33 heavy (non-hydrogen) atoms. The van der Waals surface area contributed by atoms with E-state index in [1.54, 1.807) is 6.20 Å². The van der Waals surface area contributed by atoms with Crippen molar-refractivity contribution in [2.75, 3.05) is 12.8 Å². The number of aromatic nitrogens is 2. The molecule has 0 aliphatic heterocycles. The Balaban J connectivity index is 0. The van der Waals surface area contributed by atoms with Crippen LogP contribution in [0.5, 0.6) is 0 Å². The van der Waals surface area contributed by atoms with Crippen LogP contribution in [0.1, 0.15) is 89.5 Å². The second-order valence-corrected chi connectivity index (χ2v) is 7.96. The summed E-state index contributed by atoms with van der Waals surface area (Å²) in [5.74, 6) is 0.382. The Bertz CT molecular complexity index is 849. The van der Waals surface area contributed by atoms with E-state index in [1.807, 2.05) is 40.7 Å². The first-order valence-corrected chi connectivity index (χ1v) is 12.2. The molecule has 1 aromatic carbocycles. The Labute approximate surface area is 203 Å². The van der Waals surface area contributed by atoms with Crippen molar-refractivity contribution in [3.05, 3.63) is 58.7 Å². The first-order valence-electron chi connectivity index (χ1n) is 12.2. The molecule has 2 rings (SSSR count). The minimum Gasteiger partial charge on any atom is -0.399 e. The quantitative estimate of drug-likeness (QED) is 0.359. The summed E-state index contributed by atoms with van der Waals surface area (Å²) in [6, 6.07) is 6.14. The third-order valence-corrected chi connectivity index (χ3v) is 4.41. The van der Waals surface area contributed by atoms with Gasteiger partial charge < -0.3 is 11.5 Å². The third-order valence-electron chi connectivity index (χ3n) is 4.41. The lowest BCUT2D eigenvalue weighted by Gasteiger charge is -2.10. The Morgan fingerprint density at radius 3 is 2.09 bits per heavy atom. The number of nitrogen functional groups attached to an aromatic ring is 1. The summed E-state index contributed by atoms with van der Waals surface area (Å²) in [5, 5.41) is 0. The molecule has 0 spiro atoms. The number of unbranched alkanes of at least 4 members (excludes halogenated alkanes) is 1.